The molecule has 1 aromatic carbocycles. The van der Waals surface area contributed by atoms with Gasteiger partial charge < -0.3 is 5.32 Å². The number of nitrogens with one attached hydrogen (secondary N) is 1. The summed E-state index contributed by atoms with van der Waals surface area (Å²) in [6.45, 7) is 5.37. The van der Waals surface area contributed by atoms with Crippen LogP contribution in [0.15, 0.2) is 24.3 Å². The van der Waals surface area contributed by atoms with Gasteiger partial charge >= 0.3 is 0 Å². The van der Waals surface area contributed by atoms with Gasteiger partial charge in [-0.2, -0.15) is 0 Å². The lowest BCUT2D eigenvalue weighted by molar-refractivity contribution is 0.410. The van der Waals surface area contributed by atoms with Crippen molar-refractivity contribution in [2.75, 3.05) is 6.54 Å². The Morgan fingerprint density at radius 3 is 2.79 bits per heavy atom. The highest BCUT2D eigenvalue weighted by Gasteiger charge is 2.34. The number of rotatable bonds is 1. The van der Waals surface area contributed by atoms with E-state index in [1.165, 1.54) is 6.07 Å². The van der Waals surface area contributed by atoms with Gasteiger partial charge in [0.1, 0.15) is 5.82 Å². The van der Waals surface area contributed by atoms with E-state index in [4.69, 9.17) is 0 Å². The lowest BCUT2D eigenvalue weighted by Crippen LogP contribution is -2.36. The first-order valence-electron chi connectivity index (χ1n) is 5.10. The minimum absolute atomic E-state index is 0.0911. The molecule has 0 spiro atoms. The maximum absolute atomic E-state index is 13.1. The fourth-order valence-corrected chi connectivity index (χ4v) is 2.33. The van der Waals surface area contributed by atoms with Gasteiger partial charge in [-0.25, -0.2) is 4.39 Å². The van der Waals surface area contributed by atoms with Crippen LogP contribution in [0.2, 0.25) is 0 Å². The summed E-state index contributed by atoms with van der Waals surface area (Å²) < 4.78 is 13.1. The molecule has 1 aliphatic rings. The van der Waals surface area contributed by atoms with Crippen molar-refractivity contribution < 1.29 is 4.39 Å². The van der Waals surface area contributed by atoms with E-state index >= 15 is 0 Å². The summed E-state index contributed by atoms with van der Waals surface area (Å²) in [5.41, 5.74) is 1.20. The molecule has 76 valence electrons. The molecule has 0 saturated carbocycles. The van der Waals surface area contributed by atoms with Crippen LogP contribution in [0.25, 0.3) is 0 Å². The fourth-order valence-electron chi connectivity index (χ4n) is 2.33. The predicted octanol–water partition coefficient (Wildman–Crippen LogP) is 2.68. The van der Waals surface area contributed by atoms with Crippen molar-refractivity contribution >= 4 is 0 Å². The Bertz CT molecular complexity index is 333. The molecule has 2 rings (SSSR count). The Morgan fingerprint density at radius 2 is 2.21 bits per heavy atom. The highest BCUT2D eigenvalue weighted by atomic mass is 19.1. The van der Waals surface area contributed by atoms with Crippen molar-refractivity contribution in [3.63, 3.8) is 0 Å². The Hall–Kier alpha value is -0.890. The molecule has 1 fully saturated rings. The molecule has 0 bridgehead atoms. The molecule has 0 aliphatic carbocycles. The second-order valence-electron chi connectivity index (χ2n) is 4.54. The molecule has 1 saturated heterocycles. The van der Waals surface area contributed by atoms with E-state index in [0.717, 1.165) is 18.5 Å². The van der Waals surface area contributed by atoms with Gasteiger partial charge in [-0.15, -0.1) is 0 Å². The molecule has 1 atom stereocenters. The Labute approximate surface area is 84.3 Å². The first kappa shape index (κ1) is 9.66. The van der Waals surface area contributed by atoms with Crippen molar-refractivity contribution in [2.45, 2.75) is 31.7 Å². The van der Waals surface area contributed by atoms with Crippen LogP contribution in [0.5, 0.6) is 0 Å². The topological polar surface area (TPSA) is 12.0 Å². The van der Waals surface area contributed by atoms with Gasteiger partial charge in [0.2, 0.25) is 0 Å². The van der Waals surface area contributed by atoms with E-state index in [0.29, 0.717) is 5.92 Å². The standard InChI is InChI=1S/C12H16FN/c1-12(2)11(6-7-14-12)9-4-3-5-10(13)8-9/h3-5,8,11,14H,6-7H2,1-2H3/t11-/m1/s1. The summed E-state index contributed by atoms with van der Waals surface area (Å²) in [5, 5.41) is 3.44. The molecule has 14 heavy (non-hydrogen) atoms. The minimum Gasteiger partial charge on any atom is -0.311 e. The number of hydrogen-bond acceptors (Lipinski definition) is 1. The van der Waals surface area contributed by atoms with E-state index in [1.54, 1.807) is 12.1 Å². The van der Waals surface area contributed by atoms with Gasteiger partial charge in [-0.3, -0.25) is 0 Å². The zero-order valence-electron chi connectivity index (χ0n) is 8.68. The van der Waals surface area contributed by atoms with E-state index < -0.39 is 0 Å². The average molecular weight is 193 g/mol. The Kier molecular flexibility index (Phi) is 2.31. The molecule has 0 aromatic heterocycles. The summed E-state index contributed by atoms with van der Waals surface area (Å²) in [4.78, 5) is 0. The zero-order chi connectivity index (χ0) is 10.2. The van der Waals surface area contributed by atoms with Gasteiger partial charge in [-0.05, 0) is 44.5 Å². The van der Waals surface area contributed by atoms with E-state index in [9.17, 15) is 4.39 Å². The van der Waals surface area contributed by atoms with Crippen molar-refractivity contribution in [2.24, 2.45) is 0 Å². The number of halogens is 1. The zero-order valence-corrected chi connectivity index (χ0v) is 8.68. The highest BCUT2D eigenvalue weighted by molar-refractivity contribution is 5.25. The first-order chi connectivity index (χ1) is 6.59. The minimum atomic E-state index is -0.134. The maximum atomic E-state index is 13.1. The van der Waals surface area contributed by atoms with Crippen LogP contribution in [-0.4, -0.2) is 12.1 Å². The van der Waals surface area contributed by atoms with Crippen LogP contribution in [0.1, 0.15) is 31.7 Å². The Morgan fingerprint density at radius 1 is 1.43 bits per heavy atom. The second-order valence-corrected chi connectivity index (χ2v) is 4.54. The predicted molar refractivity (Wildman–Crippen MR) is 55.8 cm³/mol. The van der Waals surface area contributed by atoms with Crippen LogP contribution >= 0.6 is 0 Å². The van der Waals surface area contributed by atoms with Gasteiger partial charge in [0, 0.05) is 11.5 Å². The van der Waals surface area contributed by atoms with E-state index in [2.05, 4.69) is 19.2 Å². The van der Waals surface area contributed by atoms with Crippen LogP contribution < -0.4 is 5.32 Å². The molecule has 1 aliphatic heterocycles. The third-order valence-corrected chi connectivity index (χ3v) is 3.14. The summed E-state index contributed by atoms with van der Waals surface area (Å²) in [5.74, 6) is 0.295. The lowest BCUT2D eigenvalue weighted by atomic mass is 9.83. The monoisotopic (exact) mass is 193 g/mol. The van der Waals surface area contributed by atoms with Gasteiger partial charge in [0.05, 0.1) is 0 Å². The van der Waals surface area contributed by atoms with Crippen LogP contribution in [0.3, 0.4) is 0 Å². The molecule has 0 amide bonds. The Balaban J connectivity index is 2.31. The first-order valence-corrected chi connectivity index (χ1v) is 5.10. The van der Waals surface area contributed by atoms with E-state index in [1.807, 2.05) is 6.07 Å². The number of benzene rings is 1. The van der Waals surface area contributed by atoms with Crippen LogP contribution in [0, 0.1) is 5.82 Å². The molecule has 1 heterocycles. The quantitative estimate of drug-likeness (QED) is 0.723. The molecule has 1 aromatic rings. The largest absolute Gasteiger partial charge is 0.311 e. The van der Waals surface area contributed by atoms with Gasteiger partial charge in [0.15, 0.2) is 0 Å². The molecule has 1 nitrogen and oxygen atoms in total. The maximum Gasteiger partial charge on any atom is 0.123 e. The fraction of sp³-hybridized carbons (Fsp3) is 0.500. The van der Waals surface area contributed by atoms with Crippen molar-refractivity contribution in [3.8, 4) is 0 Å². The van der Waals surface area contributed by atoms with Gasteiger partial charge in [-0.1, -0.05) is 12.1 Å². The SMILES string of the molecule is CC1(C)NCC[C@@H]1c1cccc(F)c1. The summed E-state index contributed by atoms with van der Waals surface area (Å²) in [7, 11) is 0. The molecular weight excluding hydrogens is 177 g/mol. The second kappa shape index (κ2) is 3.35. The number of hydrogen-bond donors (Lipinski definition) is 1. The molecule has 1 N–H and O–H groups in total. The van der Waals surface area contributed by atoms with E-state index in [-0.39, 0.29) is 11.4 Å². The molecule has 2 heteroatoms. The van der Waals surface area contributed by atoms with Crippen molar-refractivity contribution in [3.05, 3.63) is 35.6 Å². The summed E-state index contributed by atoms with van der Waals surface area (Å²) >= 11 is 0. The van der Waals surface area contributed by atoms with Crippen molar-refractivity contribution in [1.82, 2.24) is 5.32 Å². The van der Waals surface area contributed by atoms with Crippen molar-refractivity contribution in [1.29, 1.82) is 0 Å². The van der Waals surface area contributed by atoms with Gasteiger partial charge in [0.25, 0.3) is 0 Å². The molecule has 0 unspecified atom stereocenters. The highest BCUT2D eigenvalue weighted by Crippen LogP contribution is 2.35. The van der Waals surface area contributed by atoms with Crippen LogP contribution in [0.4, 0.5) is 4.39 Å². The smallest absolute Gasteiger partial charge is 0.123 e. The summed E-state index contributed by atoms with van der Waals surface area (Å²) in [6.07, 6.45) is 1.09. The summed E-state index contributed by atoms with van der Waals surface area (Å²) in [6, 6.07) is 6.96. The average Bonchev–Trinajstić information content (AvgIpc) is 2.45. The normalized spacial score (nSPS) is 25.2. The lowest BCUT2D eigenvalue weighted by Gasteiger charge is -2.27. The third kappa shape index (κ3) is 1.67. The molecular formula is C12H16FN. The third-order valence-electron chi connectivity index (χ3n) is 3.14. The van der Waals surface area contributed by atoms with Crippen LogP contribution in [-0.2, 0) is 0 Å². The molecule has 0 radical (unpaired) electrons.